The number of hydrogen-bond donors (Lipinski definition) is 2. The van der Waals surface area contributed by atoms with Crippen molar-refractivity contribution >= 4 is 29.9 Å². The van der Waals surface area contributed by atoms with Gasteiger partial charge < -0.3 is 15.4 Å². The number of benzene rings is 1. The fourth-order valence-electron chi connectivity index (χ4n) is 2.29. The quantitative estimate of drug-likeness (QED) is 0.310. The zero-order valence-corrected chi connectivity index (χ0v) is 16.1. The van der Waals surface area contributed by atoms with Crippen LogP contribution in [0.5, 0.6) is 5.75 Å². The van der Waals surface area contributed by atoms with Gasteiger partial charge in [0, 0.05) is 19.1 Å². The van der Waals surface area contributed by atoms with Crippen LogP contribution in [-0.2, 0) is 6.42 Å². The molecular formula is C17H28IN3O. The Kier molecular flexibility index (Phi) is 8.60. The van der Waals surface area contributed by atoms with Crippen molar-refractivity contribution in [1.29, 1.82) is 0 Å². The summed E-state index contributed by atoms with van der Waals surface area (Å²) in [5, 5.41) is 6.79. The lowest BCUT2D eigenvalue weighted by Gasteiger charge is -2.10. The summed E-state index contributed by atoms with van der Waals surface area (Å²) in [6.07, 6.45) is 3.37. The SMILES string of the molecule is CCNC(=NCCCc1ccc(OC)cc1)NC1CC1C.I. The van der Waals surface area contributed by atoms with Gasteiger partial charge in [-0.3, -0.25) is 4.99 Å². The highest BCUT2D eigenvalue weighted by atomic mass is 127. The summed E-state index contributed by atoms with van der Waals surface area (Å²) in [6.45, 7) is 6.13. The Morgan fingerprint density at radius 2 is 2.00 bits per heavy atom. The van der Waals surface area contributed by atoms with Crippen LogP contribution in [0, 0.1) is 5.92 Å². The van der Waals surface area contributed by atoms with Crippen molar-refractivity contribution in [3.63, 3.8) is 0 Å². The van der Waals surface area contributed by atoms with E-state index in [2.05, 4.69) is 41.6 Å². The van der Waals surface area contributed by atoms with Gasteiger partial charge in [-0.1, -0.05) is 19.1 Å². The molecule has 1 aliphatic rings. The molecule has 0 saturated heterocycles. The molecule has 2 N–H and O–H groups in total. The molecule has 0 bridgehead atoms. The summed E-state index contributed by atoms with van der Waals surface area (Å²) >= 11 is 0. The predicted molar refractivity (Wildman–Crippen MR) is 103 cm³/mol. The van der Waals surface area contributed by atoms with E-state index in [1.54, 1.807) is 7.11 Å². The third-order valence-electron chi connectivity index (χ3n) is 3.83. The number of rotatable bonds is 7. The van der Waals surface area contributed by atoms with Gasteiger partial charge in [0.05, 0.1) is 7.11 Å². The maximum Gasteiger partial charge on any atom is 0.191 e. The normalized spacial score (nSPS) is 20.0. The number of ether oxygens (including phenoxy) is 1. The van der Waals surface area contributed by atoms with E-state index in [9.17, 15) is 0 Å². The summed E-state index contributed by atoms with van der Waals surface area (Å²) in [6, 6.07) is 8.89. The Morgan fingerprint density at radius 1 is 1.32 bits per heavy atom. The van der Waals surface area contributed by atoms with Gasteiger partial charge in [-0.15, -0.1) is 24.0 Å². The minimum absolute atomic E-state index is 0. The van der Waals surface area contributed by atoms with Crippen LogP contribution in [0.15, 0.2) is 29.3 Å². The van der Waals surface area contributed by atoms with E-state index in [0.717, 1.165) is 43.6 Å². The first-order chi connectivity index (χ1) is 10.2. The second kappa shape index (κ2) is 9.92. The van der Waals surface area contributed by atoms with Crippen LogP contribution in [0.2, 0.25) is 0 Å². The standard InChI is InChI=1S/C17H27N3O.HI/c1-4-18-17(20-16-12-13(16)2)19-11-5-6-14-7-9-15(21-3)10-8-14;/h7-10,13,16H,4-6,11-12H2,1-3H3,(H2,18,19,20);1H. The highest BCUT2D eigenvalue weighted by Gasteiger charge is 2.33. The molecule has 124 valence electrons. The molecule has 1 fully saturated rings. The lowest BCUT2D eigenvalue weighted by atomic mass is 10.1. The van der Waals surface area contributed by atoms with Gasteiger partial charge in [-0.2, -0.15) is 0 Å². The smallest absolute Gasteiger partial charge is 0.191 e. The summed E-state index contributed by atoms with van der Waals surface area (Å²) in [4.78, 5) is 4.65. The van der Waals surface area contributed by atoms with Crippen LogP contribution in [0.4, 0.5) is 0 Å². The fraction of sp³-hybridized carbons (Fsp3) is 0.588. The number of aliphatic imine (C=N–C) groups is 1. The van der Waals surface area contributed by atoms with Crippen LogP contribution in [0.1, 0.15) is 32.3 Å². The molecule has 0 radical (unpaired) electrons. The first-order valence-electron chi connectivity index (χ1n) is 7.90. The number of hydrogen-bond acceptors (Lipinski definition) is 2. The van der Waals surface area contributed by atoms with E-state index in [1.807, 2.05) is 12.1 Å². The Hall–Kier alpha value is -0.980. The number of methoxy groups -OCH3 is 1. The van der Waals surface area contributed by atoms with Gasteiger partial charge >= 0.3 is 0 Å². The molecule has 0 aromatic heterocycles. The molecule has 1 aliphatic carbocycles. The molecule has 0 spiro atoms. The molecule has 2 atom stereocenters. The zero-order chi connectivity index (χ0) is 15.1. The molecule has 0 heterocycles. The Labute approximate surface area is 151 Å². The van der Waals surface area contributed by atoms with E-state index < -0.39 is 0 Å². The average molecular weight is 417 g/mol. The Balaban J connectivity index is 0.00000242. The van der Waals surface area contributed by atoms with Gasteiger partial charge in [0.15, 0.2) is 5.96 Å². The van der Waals surface area contributed by atoms with E-state index in [4.69, 9.17) is 4.74 Å². The van der Waals surface area contributed by atoms with Crippen molar-refractivity contribution in [3.05, 3.63) is 29.8 Å². The van der Waals surface area contributed by atoms with Crippen LogP contribution >= 0.6 is 24.0 Å². The molecule has 0 amide bonds. The van der Waals surface area contributed by atoms with Crippen molar-refractivity contribution < 1.29 is 4.74 Å². The molecule has 1 saturated carbocycles. The van der Waals surface area contributed by atoms with E-state index in [1.165, 1.54) is 12.0 Å². The highest BCUT2D eigenvalue weighted by Crippen LogP contribution is 2.28. The van der Waals surface area contributed by atoms with Crippen molar-refractivity contribution in [1.82, 2.24) is 10.6 Å². The molecule has 2 unspecified atom stereocenters. The Bertz CT molecular complexity index is 461. The van der Waals surface area contributed by atoms with E-state index in [-0.39, 0.29) is 24.0 Å². The molecule has 1 aromatic rings. The Morgan fingerprint density at radius 3 is 2.55 bits per heavy atom. The van der Waals surface area contributed by atoms with Crippen LogP contribution in [-0.4, -0.2) is 32.2 Å². The maximum atomic E-state index is 5.17. The second-order valence-electron chi connectivity index (χ2n) is 5.68. The minimum Gasteiger partial charge on any atom is -0.497 e. The topological polar surface area (TPSA) is 45.7 Å². The van der Waals surface area contributed by atoms with Crippen molar-refractivity contribution in [2.45, 2.75) is 39.2 Å². The predicted octanol–water partition coefficient (Wildman–Crippen LogP) is 3.21. The third-order valence-corrected chi connectivity index (χ3v) is 3.83. The van der Waals surface area contributed by atoms with E-state index in [0.29, 0.717) is 6.04 Å². The summed E-state index contributed by atoms with van der Waals surface area (Å²) < 4.78 is 5.17. The minimum atomic E-state index is 0. The average Bonchev–Trinajstić information content (AvgIpc) is 3.19. The summed E-state index contributed by atoms with van der Waals surface area (Å²) in [5.41, 5.74) is 1.33. The molecule has 0 aliphatic heterocycles. The number of aryl methyl sites for hydroxylation is 1. The molecule has 2 rings (SSSR count). The summed E-state index contributed by atoms with van der Waals surface area (Å²) in [7, 11) is 1.69. The number of halogens is 1. The van der Waals surface area contributed by atoms with Crippen molar-refractivity contribution in [3.8, 4) is 5.75 Å². The highest BCUT2D eigenvalue weighted by molar-refractivity contribution is 14.0. The number of nitrogens with zero attached hydrogens (tertiary/aromatic N) is 1. The zero-order valence-electron chi connectivity index (χ0n) is 13.8. The molecule has 22 heavy (non-hydrogen) atoms. The fourth-order valence-corrected chi connectivity index (χ4v) is 2.29. The largest absolute Gasteiger partial charge is 0.497 e. The maximum absolute atomic E-state index is 5.17. The first kappa shape index (κ1) is 19.1. The van der Waals surface area contributed by atoms with Gasteiger partial charge in [-0.05, 0) is 49.8 Å². The van der Waals surface area contributed by atoms with Gasteiger partial charge in [-0.25, -0.2) is 0 Å². The van der Waals surface area contributed by atoms with Crippen molar-refractivity contribution in [2.75, 3.05) is 20.2 Å². The molecular weight excluding hydrogens is 389 g/mol. The van der Waals surface area contributed by atoms with Gasteiger partial charge in [0.25, 0.3) is 0 Å². The number of guanidine groups is 1. The van der Waals surface area contributed by atoms with E-state index >= 15 is 0 Å². The van der Waals surface area contributed by atoms with Gasteiger partial charge in [0.1, 0.15) is 5.75 Å². The molecule has 5 heteroatoms. The monoisotopic (exact) mass is 417 g/mol. The lowest BCUT2D eigenvalue weighted by molar-refractivity contribution is 0.414. The third kappa shape index (κ3) is 6.42. The number of nitrogens with one attached hydrogen (secondary N) is 2. The van der Waals surface area contributed by atoms with Crippen LogP contribution < -0.4 is 15.4 Å². The summed E-state index contributed by atoms with van der Waals surface area (Å²) in [5.74, 6) is 2.66. The second-order valence-corrected chi connectivity index (χ2v) is 5.68. The lowest BCUT2D eigenvalue weighted by Crippen LogP contribution is -2.39. The van der Waals surface area contributed by atoms with Crippen molar-refractivity contribution in [2.24, 2.45) is 10.9 Å². The molecule has 4 nitrogen and oxygen atoms in total. The van der Waals surface area contributed by atoms with Crippen LogP contribution in [0.25, 0.3) is 0 Å². The van der Waals surface area contributed by atoms with Gasteiger partial charge in [0.2, 0.25) is 0 Å². The molecule has 1 aromatic carbocycles. The van der Waals surface area contributed by atoms with Crippen LogP contribution in [0.3, 0.4) is 0 Å². The first-order valence-corrected chi connectivity index (χ1v) is 7.90.